The number of amides is 1. The third kappa shape index (κ3) is 5.48. The van der Waals surface area contributed by atoms with Crippen molar-refractivity contribution in [2.45, 2.75) is 26.3 Å². The third-order valence-electron chi connectivity index (χ3n) is 4.20. The van der Waals surface area contributed by atoms with Crippen molar-refractivity contribution in [2.75, 3.05) is 19.0 Å². The van der Waals surface area contributed by atoms with Gasteiger partial charge in [0.2, 0.25) is 0 Å². The lowest BCUT2D eigenvalue weighted by atomic mass is 10.2. The summed E-state index contributed by atoms with van der Waals surface area (Å²) in [5.41, 5.74) is 1.54. The fourth-order valence-electron chi connectivity index (χ4n) is 2.73. The molecule has 2 heterocycles. The fraction of sp³-hybridized carbons (Fsp3) is 0.286. The lowest BCUT2D eigenvalue weighted by molar-refractivity contribution is 0.102. The molecule has 0 atom stereocenters. The zero-order valence-corrected chi connectivity index (χ0v) is 17.1. The Bertz CT molecular complexity index is 960. The van der Waals surface area contributed by atoms with Gasteiger partial charge in [0.25, 0.3) is 5.91 Å². The summed E-state index contributed by atoms with van der Waals surface area (Å²) in [6.45, 7) is 3.21. The van der Waals surface area contributed by atoms with Gasteiger partial charge in [0.1, 0.15) is 0 Å². The van der Waals surface area contributed by atoms with Crippen molar-refractivity contribution in [1.29, 1.82) is 0 Å². The van der Waals surface area contributed by atoms with Crippen LogP contribution in [-0.2, 0) is 13.0 Å². The van der Waals surface area contributed by atoms with E-state index in [-0.39, 0.29) is 5.91 Å². The number of aryl methyl sites for hydroxylation is 2. The van der Waals surface area contributed by atoms with Crippen LogP contribution in [0.3, 0.4) is 0 Å². The Balaban J connectivity index is 1.65. The molecule has 0 saturated carbocycles. The van der Waals surface area contributed by atoms with Crippen LogP contribution in [0.25, 0.3) is 0 Å². The van der Waals surface area contributed by atoms with E-state index in [0.717, 1.165) is 12.8 Å². The molecule has 0 unspecified atom stereocenters. The predicted molar refractivity (Wildman–Crippen MR) is 112 cm³/mol. The smallest absolute Gasteiger partial charge is 0.257 e. The molecule has 0 saturated heterocycles. The molecule has 2 aromatic heterocycles. The second-order valence-corrected chi connectivity index (χ2v) is 6.77. The number of nitrogens with zero attached hydrogens (tertiary/aromatic N) is 3. The highest BCUT2D eigenvalue weighted by Crippen LogP contribution is 2.36. The van der Waals surface area contributed by atoms with E-state index in [1.165, 1.54) is 12.7 Å². The highest BCUT2D eigenvalue weighted by atomic mass is 35.5. The molecule has 0 bridgehead atoms. The number of methoxy groups -OCH3 is 1. The van der Waals surface area contributed by atoms with Crippen molar-refractivity contribution in [1.82, 2.24) is 14.8 Å². The summed E-state index contributed by atoms with van der Waals surface area (Å²) in [6.07, 6.45) is 7.02. The Labute approximate surface area is 174 Å². The van der Waals surface area contributed by atoms with Crippen LogP contribution in [0.2, 0.25) is 5.02 Å². The highest BCUT2D eigenvalue weighted by Gasteiger charge is 2.16. The zero-order chi connectivity index (χ0) is 20.6. The summed E-state index contributed by atoms with van der Waals surface area (Å²) >= 11 is 6.29. The van der Waals surface area contributed by atoms with E-state index in [1.54, 1.807) is 35.3 Å². The quantitative estimate of drug-likeness (QED) is 0.567. The van der Waals surface area contributed by atoms with Gasteiger partial charge in [-0.05, 0) is 42.7 Å². The van der Waals surface area contributed by atoms with E-state index in [0.29, 0.717) is 41.1 Å². The Morgan fingerprint density at radius 2 is 2.03 bits per heavy atom. The molecule has 0 aliphatic rings. The normalized spacial score (nSPS) is 10.6. The van der Waals surface area contributed by atoms with E-state index in [2.05, 4.69) is 15.4 Å². The summed E-state index contributed by atoms with van der Waals surface area (Å²) < 4.78 is 12.7. The molecule has 1 amide bonds. The second kappa shape index (κ2) is 9.93. The molecular weight excluding hydrogens is 392 g/mol. The number of halogens is 1. The fourth-order valence-corrected chi connectivity index (χ4v) is 2.99. The number of carbonyl (C=O) groups is 1. The SMILES string of the molecule is CCCOc1c(Cl)cc(C(=O)Nc2ccn(CCc3ccncc3)n2)cc1OC. The van der Waals surface area contributed by atoms with Gasteiger partial charge in [0, 0.05) is 36.8 Å². The predicted octanol–water partition coefficient (Wildman–Crippen LogP) is 4.22. The van der Waals surface area contributed by atoms with E-state index in [4.69, 9.17) is 21.1 Å². The van der Waals surface area contributed by atoms with E-state index >= 15 is 0 Å². The molecule has 7 nitrogen and oxygen atoms in total. The highest BCUT2D eigenvalue weighted by molar-refractivity contribution is 6.32. The molecule has 1 N–H and O–H groups in total. The Morgan fingerprint density at radius 3 is 2.76 bits per heavy atom. The Morgan fingerprint density at radius 1 is 1.24 bits per heavy atom. The van der Waals surface area contributed by atoms with Crippen LogP contribution in [0.15, 0.2) is 48.9 Å². The standard InChI is InChI=1S/C21H23ClN4O3/c1-3-12-29-20-17(22)13-16(14-18(20)28-2)21(27)24-19-7-11-26(25-19)10-6-15-4-8-23-9-5-15/h4-5,7-9,11,13-14H,3,6,10,12H2,1-2H3,(H,24,25,27). The maximum Gasteiger partial charge on any atom is 0.257 e. The van der Waals surface area contributed by atoms with Gasteiger partial charge in [-0.1, -0.05) is 18.5 Å². The monoisotopic (exact) mass is 414 g/mol. The van der Waals surface area contributed by atoms with Crippen LogP contribution < -0.4 is 14.8 Å². The summed E-state index contributed by atoms with van der Waals surface area (Å²) in [6, 6.07) is 8.86. The first-order valence-electron chi connectivity index (χ1n) is 9.34. The average molecular weight is 415 g/mol. The van der Waals surface area contributed by atoms with Crippen molar-refractivity contribution >= 4 is 23.3 Å². The lowest BCUT2D eigenvalue weighted by Gasteiger charge is -2.13. The molecule has 0 aliphatic carbocycles. The van der Waals surface area contributed by atoms with Gasteiger partial charge in [-0.3, -0.25) is 14.5 Å². The number of pyridine rings is 1. The number of hydrogen-bond acceptors (Lipinski definition) is 5. The maximum absolute atomic E-state index is 12.6. The topological polar surface area (TPSA) is 78.3 Å². The lowest BCUT2D eigenvalue weighted by Crippen LogP contribution is -2.13. The average Bonchev–Trinajstić information content (AvgIpc) is 3.18. The van der Waals surface area contributed by atoms with Crippen molar-refractivity contribution in [3.8, 4) is 11.5 Å². The van der Waals surface area contributed by atoms with Crippen LogP contribution >= 0.6 is 11.6 Å². The van der Waals surface area contributed by atoms with Gasteiger partial charge < -0.3 is 14.8 Å². The van der Waals surface area contributed by atoms with Crippen molar-refractivity contribution in [2.24, 2.45) is 0 Å². The molecule has 3 aromatic rings. The van der Waals surface area contributed by atoms with Crippen LogP contribution in [0.5, 0.6) is 11.5 Å². The first-order chi connectivity index (χ1) is 14.1. The Hall–Kier alpha value is -3.06. The van der Waals surface area contributed by atoms with Gasteiger partial charge in [0.15, 0.2) is 17.3 Å². The molecule has 0 aliphatic heterocycles. The molecule has 152 valence electrons. The van der Waals surface area contributed by atoms with Crippen molar-refractivity contribution in [3.05, 3.63) is 65.1 Å². The molecule has 29 heavy (non-hydrogen) atoms. The van der Waals surface area contributed by atoms with Gasteiger partial charge >= 0.3 is 0 Å². The summed E-state index contributed by atoms with van der Waals surface area (Å²) in [7, 11) is 1.51. The van der Waals surface area contributed by atoms with Gasteiger partial charge in [-0.25, -0.2) is 0 Å². The molecule has 1 aromatic carbocycles. The summed E-state index contributed by atoms with van der Waals surface area (Å²) in [5, 5.41) is 7.50. The number of benzene rings is 1. The number of nitrogens with one attached hydrogen (secondary N) is 1. The first-order valence-corrected chi connectivity index (χ1v) is 9.72. The van der Waals surface area contributed by atoms with Crippen LogP contribution in [0.1, 0.15) is 29.3 Å². The second-order valence-electron chi connectivity index (χ2n) is 6.36. The van der Waals surface area contributed by atoms with Crippen molar-refractivity contribution in [3.63, 3.8) is 0 Å². The minimum absolute atomic E-state index is 0.325. The molecular formula is C21H23ClN4O3. The molecule has 0 spiro atoms. The van der Waals surface area contributed by atoms with Crippen molar-refractivity contribution < 1.29 is 14.3 Å². The summed E-state index contributed by atoms with van der Waals surface area (Å²) in [5.74, 6) is 0.990. The number of aromatic nitrogens is 3. The maximum atomic E-state index is 12.6. The van der Waals surface area contributed by atoms with E-state index in [1.807, 2.05) is 25.3 Å². The van der Waals surface area contributed by atoms with Gasteiger partial charge in [-0.15, -0.1) is 0 Å². The van der Waals surface area contributed by atoms with Gasteiger partial charge in [0.05, 0.1) is 18.7 Å². The largest absolute Gasteiger partial charge is 0.493 e. The third-order valence-corrected chi connectivity index (χ3v) is 4.48. The molecule has 0 fully saturated rings. The Kier molecular flexibility index (Phi) is 7.08. The van der Waals surface area contributed by atoms with Crippen LogP contribution in [0, 0.1) is 0 Å². The van der Waals surface area contributed by atoms with E-state index in [9.17, 15) is 4.79 Å². The number of anilines is 1. The minimum Gasteiger partial charge on any atom is -0.493 e. The first kappa shape index (κ1) is 20.7. The molecule has 8 heteroatoms. The number of rotatable bonds is 9. The number of ether oxygens (including phenoxy) is 2. The van der Waals surface area contributed by atoms with E-state index < -0.39 is 0 Å². The summed E-state index contributed by atoms with van der Waals surface area (Å²) in [4.78, 5) is 16.6. The number of hydrogen-bond donors (Lipinski definition) is 1. The minimum atomic E-state index is -0.327. The molecule has 3 rings (SSSR count). The molecule has 0 radical (unpaired) electrons. The van der Waals surface area contributed by atoms with Gasteiger partial charge in [-0.2, -0.15) is 5.10 Å². The zero-order valence-electron chi connectivity index (χ0n) is 16.4. The van der Waals surface area contributed by atoms with Crippen LogP contribution in [0.4, 0.5) is 5.82 Å². The van der Waals surface area contributed by atoms with Crippen LogP contribution in [-0.4, -0.2) is 34.4 Å². The number of carbonyl (C=O) groups excluding carboxylic acids is 1.